The van der Waals surface area contributed by atoms with E-state index in [1.54, 1.807) is 47.0 Å². The van der Waals surface area contributed by atoms with Gasteiger partial charge in [-0.05, 0) is 54.4 Å². The number of hydrogen-bond acceptors (Lipinski definition) is 4. The number of halogens is 1. The fraction of sp³-hybridized carbons (Fsp3) is 0.182. The first-order valence-electron chi connectivity index (χ1n) is 9.57. The van der Waals surface area contributed by atoms with Gasteiger partial charge in [-0.25, -0.2) is 8.42 Å². The predicted octanol–water partition coefficient (Wildman–Crippen LogP) is 4.65. The Morgan fingerprint density at radius 2 is 1.73 bits per heavy atom. The molecule has 0 saturated carbocycles. The van der Waals surface area contributed by atoms with Gasteiger partial charge in [0, 0.05) is 17.6 Å². The molecule has 0 spiro atoms. The quantitative estimate of drug-likeness (QED) is 0.437. The van der Waals surface area contributed by atoms with Gasteiger partial charge in [-0.15, -0.1) is 10.2 Å². The van der Waals surface area contributed by atoms with Gasteiger partial charge >= 0.3 is 0 Å². The molecule has 0 atom stereocenters. The number of aryl methyl sites for hydroxylation is 2. The number of aromatic nitrogens is 3. The van der Waals surface area contributed by atoms with Crippen LogP contribution in [0.5, 0.6) is 0 Å². The topological polar surface area (TPSA) is 67.6 Å². The van der Waals surface area contributed by atoms with Crippen LogP contribution in [0.2, 0.25) is 5.02 Å². The molecule has 0 N–H and O–H groups in total. The highest BCUT2D eigenvalue weighted by atomic mass is 35.5. The lowest BCUT2D eigenvalue weighted by Gasteiger charge is -2.25. The Balaban J connectivity index is 1.89. The van der Waals surface area contributed by atoms with Crippen LogP contribution in [0.1, 0.15) is 23.9 Å². The summed E-state index contributed by atoms with van der Waals surface area (Å²) in [6.07, 6.45) is 2.43. The summed E-state index contributed by atoms with van der Waals surface area (Å²) in [5, 5.41) is 8.84. The summed E-state index contributed by atoms with van der Waals surface area (Å²) < 4.78 is 30.8. The second kappa shape index (κ2) is 8.08. The average Bonchev–Trinajstić information content (AvgIpc) is 3.17. The fourth-order valence-corrected chi connectivity index (χ4v) is 5.06. The van der Waals surface area contributed by atoms with Crippen molar-refractivity contribution in [1.82, 2.24) is 14.6 Å². The molecule has 0 amide bonds. The Morgan fingerprint density at radius 3 is 2.43 bits per heavy atom. The molecule has 154 valence electrons. The Morgan fingerprint density at radius 1 is 1.00 bits per heavy atom. The summed E-state index contributed by atoms with van der Waals surface area (Å²) in [4.78, 5) is 0.112. The molecule has 4 aromatic rings. The number of sulfonamides is 1. The van der Waals surface area contributed by atoms with Gasteiger partial charge in [0.15, 0.2) is 5.65 Å². The van der Waals surface area contributed by atoms with Crippen LogP contribution in [-0.4, -0.2) is 23.0 Å². The lowest BCUT2D eigenvalue weighted by atomic mass is 10.1. The molecule has 2 aromatic heterocycles. The Bertz CT molecular complexity index is 1300. The highest BCUT2D eigenvalue weighted by Gasteiger charge is 2.29. The molecule has 0 aliphatic rings. The van der Waals surface area contributed by atoms with Crippen LogP contribution in [-0.2, 0) is 23.0 Å². The maximum absolute atomic E-state index is 13.9. The molecule has 0 radical (unpaired) electrons. The van der Waals surface area contributed by atoms with Gasteiger partial charge in [-0.1, -0.05) is 42.8 Å². The number of pyridine rings is 1. The Labute approximate surface area is 180 Å². The highest BCUT2D eigenvalue weighted by Crippen LogP contribution is 2.29. The summed E-state index contributed by atoms with van der Waals surface area (Å²) in [6, 6.07) is 17.8. The molecular formula is C22H21ClN4O2S. The molecule has 6 nitrogen and oxygen atoms in total. The van der Waals surface area contributed by atoms with E-state index in [0.29, 0.717) is 28.6 Å². The first-order chi connectivity index (χ1) is 14.4. The number of benzene rings is 2. The van der Waals surface area contributed by atoms with Crippen molar-refractivity contribution in [3.05, 3.63) is 88.8 Å². The molecule has 30 heavy (non-hydrogen) atoms. The van der Waals surface area contributed by atoms with Crippen molar-refractivity contribution in [3.8, 4) is 0 Å². The lowest BCUT2D eigenvalue weighted by molar-refractivity contribution is 0.590. The summed E-state index contributed by atoms with van der Waals surface area (Å²) in [5.74, 6) is 0.707. The second-order valence-corrected chi connectivity index (χ2v) is 9.22. The Kier molecular flexibility index (Phi) is 5.49. The van der Waals surface area contributed by atoms with Crippen LogP contribution in [0.4, 0.5) is 5.69 Å². The van der Waals surface area contributed by atoms with E-state index in [-0.39, 0.29) is 11.4 Å². The van der Waals surface area contributed by atoms with Crippen LogP contribution in [0.15, 0.2) is 71.8 Å². The average molecular weight is 441 g/mol. The molecule has 8 heteroatoms. The van der Waals surface area contributed by atoms with Crippen LogP contribution in [0.25, 0.3) is 5.65 Å². The molecule has 0 aliphatic carbocycles. The first kappa shape index (κ1) is 20.4. The van der Waals surface area contributed by atoms with E-state index in [9.17, 15) is 8.42 Å². The molecule has 0 saturated heterocycles. The van der Waals surface area contributed by atoms with Gasteiger partial charge in [-0.2, -0.15) is 0 Å². The largest absolute Gasteiger partial charge is 0.285 e. The lowest BCUT2D eigenvalue weighted by Crippen LogP contribution is -2.31. The molecule has 4 rings (SSSR count). The number of rotatable bonds is 6. The van der Waals surface area contributed by atoms with Crippen LogP contribution in [0, 0.1) is 6.92 Å². The van der Waals surface area contributed by atoms with Gasteiger partial charge in [0.1, 0.15) is 10.7 Å². The molecule has 0 unspecified atom stereocenters. The van der Waals surface area contributed by atoms with E-state index >= 15 is 0 Å². The number of hydrogen-bond donors (Lipinski definition) is 0. The van der Waals surface area contributed by atoms with Gasteiger partial charge in [-0.3, -0.25) is 8.71 Å². The number of nitrogens with zero attached hydrogens (tertiary/aromatic N) is 4. The van der Waals surface area contributed by atoms with Gasteiger partial charge in [0.2, 0.25) is 0 Å². The van der Waals surface area contributed by atoms with E-state index in [0.717, 1.165) is 11.1 Å². The number of anilines is 1. The van der Waals surface area contributed by atoms with Gasteiger partial charge in [0.25, 0.3) is 10.0 Å². The van der Waals surface area contributed by atoms with Crippen LogP contribution in [0.3, 0.4) is 0 Å². The van der Waals surface area contributed by atoms with Gasteiger partial charge in [0.05, 0.1) is 12.2 Å². The van der Waals surface area contributed by atoms with Crippen LogP contribution >= 0.6 is 11.6 Å². The van der Waals surface area contributed by atoms with E-state index < -0.39 is 10.0 Å². The van der Waals surface area contributed by atoms with Crippen molar-refractivity contribution >= 4 is 33.0 Å². The third kappa shape index (κ3) is 3.66. The SMILES string of the molecule is CCc1nnc2c(S(=O)(=O)N(Cc3ccccc3C)c3ccc(Cl)cc3)cccn12. The standard InChI is InChI=1S/C22H21ClN4O2S/c1-3-21-24-25-22-20(9-6-14-26(21)22)30(28,29)27(19-12-10-18(23)11-13-19)15-17-8-5-4-7-16(17)2/h4-14H,3,15H2,1-2H3. The summed E-state index contributed by atoms with van der Waals surface area (Å²) in [7, 11) is -3.94. The zero-order valence-corrected chi connectivity index (χ0v) is 18.2. The predicted molar refractivity (Wildman–Crippen MR) is 118 cm³/mol. The van der Waals surface area contributed by atoms with Crippen molar-refractivity contribution in [2.45, 2.75) is 31.7 Å². The molecule has 0 fully saturated rings. The second-order valence-electron chi connectivity index (χ2n) is 6.95. The molecule has 0 bridgehead atoms. The van der Waals surface area contributed by atoms with E-state index in [1.807, 2.05) is 38.1 Å². The van der Waals surface area contributed by atoms with Gasteiger partial charge < -0.3 is 0 Å². The maximum atomic E-state index is 13.9. The van der Waals surface area contributed by atoms with Crippen molar-refractivity contribution in [1.29, 1.82) is 0 Å². The zero-order chi connectivity index (χ0) is 21.3. The minimum atomic E-state index is -3.94. The molecule has 0 aliphatic heterocycles. The first-order valence-corrected chi connectivity index (χ1v) is 11.4. The van der Waals surface area contributed by atoms with E-state index in [1.165, 1.54) is 4.31 Å². The summed E-state index contributed by atoms with van der Waals surface area (Å²) in [5.41, 5.74) is 2.78. The summed E-state index contributed by atoms with van der Waals surface area (Å²) >= 11 is 6.04. The minimum Gasteiger partial charge on any atom is -0.285 e. The van der Waals surface area contributed by atoms with Crippen LogP contribution < -0.4 is 4.31 Å². The smallest absolute Gasteiger partial charge is 0.268 e. The van der Waals surface area contributed by atoms with Crippen molar-refractivity contribution in [2.75, 3.05) is 4.31 Å². The highest BCUT2D eigenvalue weighted by molar-refractivity contribution is 7.93. The maximum Gasteiger partial charge on any atom is 0.268 e. The zero-order valence-electron chi connectivity index (χ0n) is 16.7. The van der Waals surface area contributed by atoms with Crippen molar-refractivity contribution in [2.24, 2.45) is 0 Å². The third-order valence-corrected chi connectivity index (χ3v) is 7.09. The molecule has 2 heterocycles. The monoisotopic (exact) mass is 440 g/mol. The van der Waals surface area contributed by atoms with E-state index in [4.69, 9.17) is 11.6 Å². The van der Waals surface area contributed by atoms with E-state index in [2.05, 4.69) is 10.2 Å². The minimum absolute atomic E-state index is 0.112. The summed E-state index contributed by atoms with van der Waals surface area (Å²) in [6.45, 7) is 4.11. The molecule has 2 aromatic carbocycles. The van der Waals surface area contributed by atoms with Crippen molar-refractivity contribution < 1.29 is 8.42 Å². The number of fused-ring (bicyclic) bond motifs is 1. The Hall–Kier alpha value is -2.90. The third-order valence-electron chi connectivity index (χ3n) is 5.04. The fourth-order valence-electron chi connectivity index (χ4n) is 3.37. The normalized spacial score (nSPS) is 11.7. The van der Waals surface area contributed by atoms with Crippen molar-refractivity contribution in [3.63, 3.8) is 0 Å². The molecular weight excluding hydrogens is 420 g/mol.